The molecular formula is C20H21ClN2O2. The second-order valence-electron chi connectivity index (χ2n) is 6.62. The van der Waals surface area contributed by atoms with Crippen LogP contribution in [0.3, 0.4) is 0 Å². The minimum Gasteiger partial charge on any atom is -0.324 e. The van der Waals surface area contributed by atoms with Crippen LogP contribution in [0.5, 0.6) is 0 Å². The van der Waals surface area contributed by atoms with E-state index in [9.17, 15) is 9.59 Å². The molecule has 0 aliphatic carbocycles. The number of para-hydroxylation sites is 1. The zero-order chi connectivity index (χ0) is 18.0. The summed E-state index contributed by atoms with van der Waals surface area (Å²) in [5.74, 6) is -0.148. The lowest BCUT2D eigenvalue weighted by atomic mass is 10.0. The lowest BCUT2D eigenvalue weighted by Gasteiger charge is -2.18. The lowest BCUT2D eigenvalue weighted by Crippen LogP contribution is -2.28. The zero-order valence-electron chi connectivity index (χ0n) is 14.3. The Hall–Kier alpha value is -2.33. The monoisotopic (exact) mass is 356 g/mol. The number of carbonyl (C=O) groups is 2. The molecule has 1 saturated heterocycles. The van der Waals surface area contributed by atoms with Crippen LogP contribution < -0.4 is 10.2 Å². The first-order valence-corrected chi connectivity index (χ1v) is 8.79. The fourth-order valence-corrected chi connectivity index (χ4v) is 3.15. The van der Waals surface area contributed by atoms with Crippen LogP contribution in [-0.4, -0.2) is 18.4 Å². The molecule has 130 valence electrons. The van der Waals surface area contributed by atoms with Crippen molar-refractivity contribution < 1.29 is 9.59 Å². The molecule has 0 spiro atoms. The van der Waals surface area contributed by atoms with E-state index in [2.05, 4.69) is 19.2 Å². The van der Waals surface area contributed by atoms with Crippen LogP contribution in [0.1, 0.15) is 31.7 Å². The van der Waals surface area contributed by atoms with Gasteiger partial charge in [0.15, 0.2) is 0 Å². The first-order chi connectivity index (χ1) is 12.0. The summed E-state index contributed by atoms with van der Waals surface area (Å²) < 4.78 is 0. The Bertz CT molecular complexity index is 787. The molecule has 25 heavy (non-hydrogen) atoms. The number of rotatable bonds is 4. The van der Waals surface area contributed by atoms with Gasteiger partial charge in [0, 0.05) is 18.7 Å². The molecule has 1 atom stereocenters. The molecule has 1 heterocycles. The Morgan fingerprint density at radius 3 is 2.48 bits per heavy atom. The maximum absolute atomic E-state index is 12.5. The van der Waals surface area contributed by atoms with Gasteiger partial charge in [0.1, 0.15) is 0 Å². The van der Waals surface area contributed by atoms with Crippen molar-refractivity contribution in [2.24, 2.45) is 5.92 Å². The maximum atomic E-state index is 12.5. The number of carbonyl (C=O) groups excluding carboxylic acids is 2. The Morgan fingerprint density at radius 1 is 1.16 bits per heavy atom. The van der Waals surface area contributed by atoms with Gasteiger partial charge in [-0.1, -0.05) is 49.7 Å². The first-order valence-electron chi connectivity index (χ1n) is 8.41. The molecule has 0 saturated carbocycles. The minimum absolute atomic E-state index is 0.0309. The van der Waals surface area contributed by atoms with Gasteiger partial charge in [-0.25, -0.2) is 0 Å². The van der Waals surface area contributed by atoms with Crippen molar-refractivity contribution in [3.05, 3.63) is 59.1 Å². The molecule has 5 heteroatoms. The van der Waals surface area contributed by atoms with Crippen LogP contribution in [0.2, 0.25) is 5.02 Å². The molecule has 1 N–H and O–H groups in total. The van der Waals surface area contributed by atoms with E-state index >= 15 is 0 Å². The number of benzene rings is 2. The first kappa shape index (κ1) is 17.5. The van der Waals surface area contributed by atoms with Crippen molar-refractivity contribution in [2.75, 3.05) is 16.8 Å². The van der Waals surface area contributed by atoms with Gasteiger partial charge in [-0.3, -0.25) is 9.59 Å². The predicted molar refractivity (Wildman–Crippen MR) is 101 cm³/mol. The third-order valence-electron chi connectivity index (χ3n) is 4.50. The van der Waals surface area contributed by atoms with E-state index in [1.54, 1.807) is 23.1 Å². The summed E-state index contributed by atoms with van der Waals surface area (Å²) >= 11 is 6.08. The van der Waals surface area contributed by atoms with Crippen LogP contribution >= 0.6 is 11.6 Å². The fraction of sp³-hybridized carbons (Fsp3) is 0.300. The minimum atomic E-state index is -0.381. The molecule has 4 nitrogen and oxygen atoms in total. The summed E-state index contributed by atoms with van der Waals surface area (Å²) in [4.78, 5) is 26.5. The van der Waals surface area contributed by atoms with E-state index in [1.807, 2.05) is 30.3 Å². The molecule has 0 bridgehead atoms. The third kappa shape index (κ3) is 3.85. The second kappa shape index (κ2) is 7.28. The van der Waals surface area contributed by atoms with Gasteiger partial charge in [-0.2, -0.15) is 0 Å². The largest absolute Gasteiger partial charge is 0.324 e. The van der Waals surface area contributed by atoms with E-state index in [0.29, 0.717) is 23.2 Å². The normalized spacial score (nSPS) is 17.2. The molecule has 2 aromatic carbocycles. The summed E-state index contributed by atoms with van der Waals surface area (Å²) in [6, 6.07) is 15.0. The zero-order valence-corrected chi connectivity index (χ0v) is 15.1. The molecule has 1 fully saturated rings. The fourth-order valence-electron chi connectivity index (χ4n) is 2.97. The van der Waals surface area contributed by atoms with Gasteiger partial charge < -0.3 is 10.2 Å². The SMILES string of the molecule is CC(C)c1ccc(N2CC(C(=O)Nc3ccccc3Cl)CC2=O)cc1. The van der Waals surface area contributed by atoms with E-state index in [4.69, 9.17) is 11.6 Å². The molecule has 2 amide bonds. The van der Waals surface area contributed by atoms with Gasteiger partial charge in [0.05, 0.1) is 16.6 Å². The topological polar surface area (TPSA) is 49.4 Å². The molecule has 1 aliphatic heterocycles. The molecule has 0 aromatic heterocycles. The van der Waals surface area contributed by atoms with E-state index in [0.717, 1.165) is 5.69 Å². The Morgan fingerprint density at radius 2 is 1.84 bits per heavy atom. The highest BCUT2D eigenvalue weighted by Gasteiger charge is 2.35. The second-order valence-corrected chi connectivity index (χ2v) is 7.03. The van der Waals surface area contributed by atoms with Gasteiger partial charge in [-0.05, 0) is 35.7 Å². The van der Waals surface area contributed by atoms with Crippen molar-refractivity contribution in [1.29, 1.82) is 0 Å². The Labute approximate surface area is 152 Å². The van der Waals surface area contributed by atoms with Crippen molar-refractivity contribution in [3.8, 4) is 0 Å². The average Bonchev–Trinajstić information content (AvgIpc) is 2.99. The van der Waals surface area contributed by atoms with E-state index in [-0.39, 0.29) is 24.2 Å². The van der Waals surface area contributed by atoms with Crippen LogP contribution in [0, 0.1) is 5.92 Å². The summed E-state index contributed by atoms with van der Waals surface area (Å²) in [6.45, 7) is 4.65. The van der Waals surface area contributed by atoms with Gasteiger partial charge >= 0.3 is 0 Å². The van der Waals surface area contributed by atoms with Crippen LogP contribution in [0.15, 0.2) is 48.5 Å². The summed E-state index contributed by atoms with van der Waals surface area (Å²) in [7, 11) is 0. The number of nitrogens with one attached hydrogen (secondary N) is 1. The highest BCUT2D eigenvalue weighted by Crippen LogP contribution is 2.28. The van der Waals surface area contributed by atoms with Crippen LogP contribution in [-0.2, 0) is 9.59 Å². The standard InChI is InChI=1S/C20H21ClN2O2/c1-13(2)14-7-9-16(10-8-14)23-12-15(11-19(23)24)20(25)22-18-6-4-3-5-17(18)21/h3-10,13,15H,11-12H2,1-2H3,(H,22,25). The molecular weight excluding hydrogens is 336 g/mol. The van der Waals surface area contributed by atoms with Crippen molar-refractivity contribution >= 4 is 34.8 Å². The average molecular weight is 357 g/mol. The molecule has 2 aromatic rings. The smallest absolute Gasteiger partial charge is 0.229 e. The third-order valence-corrected chi connectivity index (χ3v) is 4.83. The summed E-state index contributed by atoms with van der Waals surface area (Å²) in [5, 5.41) is 3.31. The molecule has 0 radical (unpaired) electrons. The van der Waals surface area contributed by atoms with Gasteiger partial charge in [-0.15, -0.1) is 0 Å². The predicted octanol–water partition coefficient (Wildman–Crippen LogP) is 4.46. The molecule has 1 aliphatic rings. The summed E-state index contributed by atoms with van der Waals surface area (Å²) in [5.41, 5.74) is 2.63. The van der Waals surface area contributed by atoms with Gasteiger partial charge in [0.25, 0.3) is 0 Å². The number of nitrogens with zero attached hydrogens (tertiary/aromatic N) is 1. The quantitative estimate of drug-likeness (QED) is 0.879. The van der Waals surface area contributed by atoms with Crippen molar-refractivity contribution in [3.63, 3.8) is 0 Å². The van der Waals surface area contributed by atoms with Crippen molar-refractivity contribution in [1.82, 2.24) is 0 Å². The Kier molecular flexibility index (Phi) is 5.09. The summed E-state index contributed by atoms with van der Waals surface area (Å²) in [6.07, 6.45) is 0.211. The number of hydrogen-bond acceptors (Lipinski definition) is 2. The van der Waals surface area contributed by atoms with Gasteiger partial charge in [0.2, 0.25) is 11.8 Å². The van der Waals surface area contributed by atoms with Crippen LogP contribution in [0.25, 0.3) is 0 Å². The number of anilines is 2. The highest BCUT2D eigenvalue weighted by atomic mass is 35.5. The molecule has 1 unspecified atom stereocenters. The molecule has 3 rings (SSSR count). The highest BCUT2D eigenvalue weighted by molar-refractivity contribution is 6.33. The van der Waals surface area contributed by atoms with Crippen molar-refractivity contribution in [2.45, 2.75) is 26.2 Å². The van der Waals surface area contributed by atoms with E-state index in [1.165, 1.54) is 5.56 Å². The Balaban J connectivity index is 1.69. The maximum Gasteiger partial charge on any atom is 0.229 e. The van der Waals surface area contributed by atoms with E-state index < -0.39 is 0 Å². The lowest BCUT2D eigenvalue weighted by molar-refractivity contribution is -0.122. The number of hydrogen-bond donors (Lipinski definition) is 1. The van der Waals surface area contributed by atoms with Crippen LogP contribution in [0.4, 0.5) is 11.4 Å². The number of amides is 2. The number of halogens is 1.